The molecule has 0 radical (unpaired) electrons. The molecule has 0 aliphatic carbocycles. The molecule has 0 saturated heterocycles. The van der Waals surface area contributed by atoms with E-state index in [0.717, 1.165) is 86.6 Å². The number of fused-ring (bicyclic) bond motifs is 5. The summed E-state index contributed by atoms with van der Waals surface area (Å²) >= 11 is 0. The number of carbonyl (C=O) groups is 2. The average molecular weight is 681 g/mol. The third kappa shape index (κ3) is 6.61. The summed E-state index contributed by atoms with van der Waals surface area (Å²) < 4.78 is 9.90. The number of esters is 2. The molecule has 1 aromatic rings. The molecule has 4 aliphatic heterocycles. The minimum atomic E-state index is -0.336. The smallest absolute Gasteiger partial charge is 0.305 e. The molecule has 0 spiro atoms. The Balaban J connectivity index is 0.00000500. The third-order valence-electron chi connectivity index (χ3n) is 9.34. The van der Waals surface area contributed by atoms with Crippen molar-refractivity contribution in [2.75, 3.05) is 14.2 Å². The number of aliphatic imine (C=N–C) groups is 3. The van der Waals surface area contributed by atoms with Crippen molar-refractivity contribution in [2.24, 2.45) is 15.0 Å². The van der Waals surface area contributed by atoms with Gasteiger partial charge in [-0.25, -0.2) is 15.0 Å². The number of ether oxygens (including phenoxy) is 2. The van der Waals surface area contributed by atoms with Crippen molar-refractivity contribution in [3.8, 4) is 0 Å². The van der Waals surface area contributed by atoms with E-state index < -0.39 is 0 Å². The van der Waals surface area contributed by atoms with Crippen LogP contribution in [0.5, 0.6) is 0 Å². The number of aromatic nitrogens is 1. The molecule has 9 nitrogen and oxygen atoms in total. The van der Waals surface area contributed by atoms with Crippen LogP contribution in [0.2, 0.25) is 0 Å². The first kappa shape index (κ1) is 35.6. The Bertz CT molecular complexity index is 1850. The van der Waals surface area contributed by atoms with Gasteiger partial charge >= 0.3 is 11.9 Å². The Morgan fingerprint density at radius 1 is 0.745 bits per heavy atom. The first-order chi connectivity index (χ1) is 22.1. The van der Waals surface area contributed by atoms with Crippen molar-refractivity contribution < 1.29 is 40.7 Å². The molecule has 47 heavy (non-hydrogen) atoms. The second-order valence-corrected chi connectivity index (χ2v) is 11.8. The van der Waals surface area contributed by atoms with Gasteiger partial charge in [0.1, 0.15) is 0 Å². The standard InChI is InChI=1S/C37H42N4O5.Ni/c1-9-23-19(3)28-15-30-21(5)25(11-13-34(43)45-7)36(40-30)27(18-42)37-26(12-14-35(44)46-8)22(6)31(41-37)17-33-24(10-2)20(4)29(39-33)16-32(23)38-28;/h15-18,38,42H,9-14H2,1-8H3;. The van der Waals surface area contributed by atoms with Crippen molar-refractivity contribution in [3.05, 3.63) is 91.0 Å². The molecular weight excluding hydrogens is 639 g/mol. The number of hydrogen-bond acceptors (Lipinski definition) is 8. The first-order valence-electron chi connectivity index (χ1n) is 15.8. The molecular formula is C37H42N4NiO5. The largest absolute Gasteiger partial charge is 0.515 e. The van der Waals surface area contributed by atoms with E-state index in [1.807, 2.05) is 26.0 Å². The number of aliphatic hydroxyl groups excluding tert-OH is 1. The van der Waals surface area contributed by atoms with Crippen LogP contribution in [0.3, 0.4) is 0 Å². The van der Waals surface area contributed by atoms with Gasteiger partial charge in [-0.3, -0.25) is 9.59 Å². The zero-order valence-electron chi connectivity index (χ0n) is 28.3. The third-order valence-corrected chi connectivity index (χ3v) is 9.34. The molecule has 0 aromatic carbocycles. The fourth-order valence-corrected chi connectivity index (χ4v) is 6.58. The minimum Gasteiger partial charge on any atom is -0.515 e. The number of allylic oxidation sites excluding steroid dienone is 8. The monoisotopic (exact) mass is 680 g/mol. The predicted molar refractivity (Wildman–Crippen MR) is 183 cm³/mol. The van der Waals surface area contributed by atoms with Crippen LogP contribution in [-0.2, 0) is 42.0 Å². The maximum atomic E-state index is 12.3. The molecule has 0 saturated carbocycles. The number of rotatable bonds is 8. The summed E-state index contributed by atoms with van der Waals surface area (Å²) in [6.45, 7) is 12.4. The van der Waals surface area contributed by atoms with Crippen LogP contribution < -0.4 is 0 Å². The van der Waals surface area contributed by atoms with Crippen LogP contribution in [0.1, 0.15) is 89.2 Å². The molecule has 0 unspecified atom stereocenters. The van der Waals surface area contributed by atoms with E-state index in [9.17, 15) is 14.7 Å². The van der Waals surface area contributed by atoms with Crippen LogP contribution in [0, 0.1) is 6.92 Å². The van der Waals surface area contributed by atoms with Gasteiger partial charge in [0.05, 0.1) is 60.3 Å². The van der Waals surface area contributed by atoms with Gasteiger partial charge in [-0.05, 0) is 116 Å². The maximum Gasteiger partial charge on any atom is 0.305 e. The van der Waals surface area contributed by atoms with Gasteiger partial charge in [0.2, 0.25) is 0 Å². The number of methoxy groups -OCH3 is 2. The number of H-pyrrole nitrogens is 1. The second kappa shape index (κ2) is 14.6. The SMILES string of the molecule is CCC1=C(C)C2=Cc3[nH]c(c(C)c3CC)C=C3N=C(C(=CO)C4=NC(=CC1=N2)C(C)=C4CCC(=O)OC)C(CCC(=O)OC)=C3C.[Ni]. The van der Waals surface area contributed by atoms with Crippen molar-refractivity contribution in [1.29, 1.82) is 0 Å². The van der Waals surface area contributed by atoms with Crippen LogP contribution in [0.25, 0.3) is 12.2 Å². The zero-order valence-corrected chi connectivity index (χ0v) is 29.3. The van der Waals surface area contributed by atoms with Gasteiger partial charge < -0.3 is 19.6 Å². The van der Waals surface area contributed by atoms with Gasteiger partial charge in [0, 0.05) is 40.7 Å². The summed E-state index contributed by atoms with van der Waals surface area (Å²) in [7, 11) is 2.74. The quantitative estimate of drug-likeness (QED) is 0.167. The fraction of sp³-hybridized carbons (Fsp3) is 0.378. The van der Waals surface area contributed by atoms with E-state index in [1.54, 1.807) is 0 Å². The van der Waals surface area contributed by atoms with E-state index in [-0.39, 0.29) is 41.3 Å². The van der Waals surface area contributed by atoms with E-state index in [1.165, 1.54) is 19.8 Å². The second-order valence-electron chi connectivity index (χ2n) is 11.8. The Morgan fingerprint density at radius 3 is 1.72 bits per heavy atom. The number of hydrogen-bond donors (Lipinski definition) is 2. The van der Waals surface area contributed by atoms with Crippen molar-refractivity contribution in [3.63, 3.8) is 0 Å². The maximum absolute atomic E-state index is 12.3. The topological polar surface area (TPSA) is 126 Å². The van der Waals surface area contributed by atoms with Crippen LogP contribution in [0.15, 0.2) is 83.4 Å². The van der Waals surface area contributed by atoms with Gasteiger partial charge in [0.15, 0.2) is 0 Å². The Morgan fingerprint density at radius 2 is 1.23 bits per heavy atom. The average Bonchev–Trinajstić information content (AvgIpc) is 3.72. The molecule has 250 valence electrons. The van der Waals surface area contributed by atoms with Crippen molar-refractivity contribution in [1.82, 2.24) is 4.98 Å². The van der Waals surface area contributed by atoms with E-state index in [2.05, 4.69) is 38.8 Å². The van der Waals surface area contributed by atoms with Crippen LogP contribution >= 0.6 is 0 Å². The minimum absolute atomic E-state index is 0. The number of carbonyl (C=O) groups excluding carboxylic acids is 2. The van der Waals surface area contributed by atoms with E-state index in [0.29, 0.717) is 35.5 Å². The Kier molecular flexibility index (Phi) is 11.1. The number of aliphatic hydroxyl groups is 1. The Hall–Kier alpha value is -4.30. The van der Waals surface area contributed by atoms with Crippen LogP contribution in [-0.4, -0.2) is 53.4 Å². The summed E-state index contributed by atoms with van der Waals surface area (Å²) in [5.74, 6) is -0.670. The first-order valence-corrected chi connectivity index (χ1v) is 15.8. The summed E-state index contributed by atoms with van der Waals surface area (Å²) in [6.07, 6.45) is 9.86. The molecule has 1 aromatic heterocycles. The van der Waals surface area contributed by atoms with Crippen molar-refractivity contribution in [2.45, 2.75) is 80.1 Å². The van der Waals surface area contributed by atoms with Gasteiger partial charge in [0.25, 0.3) is 0 Å². The summed E-state index contributed by atoms with van der Waals surface area (Å²) in [6, 6.07) is 0. The summed E-state index contributed by atoms with van der Waals surface area (Å²) in [4.78, 5) is 43.4. The Labute approximate surface area is 286 Å². The predicted octanol–water partition coefficient (Wildman–Crippen LogP) is 7.53. The number of nitrogens with one attached hydrogen (secondary N) is 1. The van der Waals surface area contributed by atoms with E-state index >= 15 is 0 Å². The van der Waals surface area contributed by atoms with Crippen LogP contribution in [0.4, 0.5) is 0 Å². The van der Waals surface area contributed by atoms with Gasteiger partial charge in [-0.2, -0.15) is 0 Å². The number of nitrogens with zero attached hydrogens (tertiary/aromatic N) is 3. The molecule has 4 aliphatic rings. The molecule has 8 bridgehead atoms. The summed E-state index contributed by atoms with van der Waals surface area (Å²) in [5, 5.41) is 10.8. The van der Waals surface area contributed by atoms with Crippen molar-refractivity contribution >= 4 is 41.2 Å². The summed E-state index contributed by atoms with van der Waals surface area (Å²) in [5.41, 5.74) is 14.6. The molecule has 0 fully saturated rings. The molecule has 5 rings (SSSR count). The molecule has 5 heterocycles. The molecule has 10 heteroatoms. The normalized spacial score (nSPS) is 18.1. The molecule has 0 atom stereocenters. The zero-order chi connectivity index (χ0) is 33.3. The van der Waals surface area contributed by atoms with Gasteiger partial charge in [-0.1, -0.05) is 13.8 Å². The fourth-order valence-electron chi connectivity index (χ4n) is 6.58. The van der Waals surface area contributed by atoms with E-state index in [4.69, 9.17) is 24.5 Å². The van der Waals surface area contributed by atoms with Gasteiger partial charge in [-0.15, -0.1) is 0 Å². The number of aromatic amines is 1. The molecule has 2 N–H and O–H groups in total. The molecule has 0 amide bonds.